The summed E-state index contributed by atoms with van der Waals surface area (Å²) in [6.45, 7) is 4.43. The topological polar surface area (TPSA) is 55.2 Å². The molecular weight excluding hydrogens is 284 g/mol. The van der Waals surface area contributed by atoms with Crippen molar-refractivity contribution in [2.24, 2.45) is 0 Å². The third kappa shape index (κ3) is 3.65. The molecule has 2 rings (SSSR count). The van der Waals surface area contributed by atoms with Crippen LogP contribution in [-0.4, -0.2) is 15.3 Å². The third-order valence-electron chi connectivity index (χ3n) is 2.53. The van der Waals surface area contributed by atoms with Gasteiger partial charge in [-0.3, -0.25) is 0 Å². The first-order valence-corrected chi connectivity index (χ1v) is 7.14. The van der Waals surface area contributed by atoms with Crippen molar-refractivity contribution in [3.8, 4) is 5.75 Å². The average molecular weight is 299 g/mol. The number of hydrogen-bond donors (Lipinski definition) is 1. The van der Waals surface area contributed by atoms with Crippen molar-refractivity contribution >= 4 is 22.9 Å². The highest BCUT2D eigenvalue weighted by molar-refractivity contribution is 7.11. The van der Waals surface area contributed by atoms with E-state index >= 15 is 0 Å². The molecule has 0 fully saturated rings. The standard InChI is InChI=1S/C13H15ClN2O2S/c1-8(2)13-16-15-12(19-13)7-18-10-3-4-11(14)9(5-10)6-17/h3-5,8,17H,6-7H2,1-2H3. The number of halogens is 1. The van der Waals surface area contributed by atoms with Gasteiger partial charge in [0.05, 0.1) is 6.61 Å². The first kappa shape index (κ1) is 14.2. The summed E-state index contributed by atoms with van der Waals surface area (Å²) in [6, 6.07) is 5.21. The molecule has 0 amide bonds. The van der Waals surface area contributed by atoms with E-state index in [1.165, 1.54) is 0 Å². The van der Waals surface area contributed by atoms with Gasteiger partial charge in [-0.15, -0.1) is 10.2 Å². The van der Waals surface area contributed by atoms with Gasteiger partial charge < -0.3 is 9.84 Å². The van der Waals surface area contributed by atoms with Gasteiger partial charge in [-0.2, -0.15) is 0 Å². The summed E-state index contributed by atoms with van der Waals surface area (Å²) in [6.07, 6.45) is 0. The SMILES string of the molecule is CC(C)c1nnc(COc2ccc(Cl)c(CO)c2)s1. The van der Waals surface area contributed by atoms with Gasteiger partial charge in [0, 0.05) is 10.9 Å². The van der Waals surface area contributed by atoms with Crippen LogP contribution in [0, 0.1) is 0 Å². The molecule has 2 aromatic rings. The zero-order chi connectivity index (χ0) is 13.8. The van der Waals surface area contributed by atoms with Gasteiger partial charge in [-0.25, -0.2) is 0 Å². The molecule has 0 saturated heterocycles. The number of aromatic nitrogens is 2. The fourth-order valence-electron chi connectivity index (χ4n) is 1.47. The Bertz CT molecular complexity index is 557. The summed E-state index contributed by atoms with van der Waals surface area (Å²) in [5.41, 5.74) is 0.652. The van der Waals surface area contributed by atoms with E-state index < -0.39 is 0 Å². The fraction of sp³-hybridized carbons (Fsp3) is 0.385. The Morgan fingerprint density at radius 1 is 1.37 bits per heavy atom. The van der Waals surface area contributed by atoms with Crippen LogP contribution in [0.15, 0.2) is 18.2 Å². The van der Waals surface area contributed by atoms with E-state index in [4.69, 9.17) is 21.4 Å². The molecule has 0 atom stereocenters. The monoisotopic (exact) mass is 298 g/mol. The molecule has 1 N–H and O–H groups in total. The molecule has 0 radical (unpaired) electrons. The highest BCUT2D eigenvalue weighted by atomic mass is 35.5. The van der Waals surface area contributed by atoms with Crippen molar-refractivity contribution < 1.29 is 9.84 Å². The van der Waals surface area contributed by atoms with E-state index in [9.17, 15) is 0 Å². The van der Waals surface area contributed by atoms with E-state index in [2.05, 4.69) is 24.0 Å². The fourth-order valence-corrected chi connectivity index (χ4v) is 2.40. The number of nitrogens with zero attached hydrogens (tertiary/aromatic N) is 2. The second-order valence-corrected chi connectivity index (χ2v) is 5.89. The quantitative estimate of drug-likeness (QED) is 0.919. The van der Waals surface area contributed by atoms with Crippen molar-refractivity contribution in [1.82, 2.24) is 10.2 Å². The maximum absolute atomic E-state index is 9.13. The van der Waals surface area contributed by atoms with E-state index in [1.807, 2.05) is 0 Å². The van der Waals surface area contributed by atoms with Crippen molar-refractivity contribution in [3.05, 3.63) is 38.8 Å². The normalized spacial score (nSPS) is 11.0. The van der Waals surface area contributed by atoms with E-state index in [0.29, 0.717) is 28.9 Å². The highest BCUT2D eigenvalue weighted by Crippen LogP contribution is 2.24. The van der Waals surface area contributed by atoms with Gasteiger partial charge in [0.1, 0.15) is 17.4 Å². The van der Waals surface area contributed by atoms with Crippen LogP contribution in [0.4, 0.5) is 0 Å². The van der Waals surface area contributed by atoms with Crippen LogP contribution >= 0.6 is 22.9 Å². The predicted molar refractivity (Wildman–Crippen MR) is 75.7 cm³/mol. The lowest BCUT2D eigenvalue weighted by molar-refractivity contribution is 0.278. The minimum absolute atomic E-state index is 0.105. The number of aliphatic hydroxyl groups is 1. The Morgan fingerprint density at radius 3 is 2.79 bits per heavy atom. The maximum Gasteiger partial charge on any atom is 0.155 e. The molecule has 0 aliphatic rings. The summed E-state index contributed by atoms with van der Waals surface area (Å²) in [5.74, 6) is 1.04. The molecule has 4 nitrogen and oxygen atoms in total. The summed E-state index contributed by atoms with van der Waals surface area (Å²) in [4.78, 5) is 0. The molecule has 1 aromatic heterocycles. The Hall–Kier alpha value is -1.17. The third-order valence-corrected chi connectivity index (χ3v) is 4.09. The largest absolute Gasteiger partial charge is 0.486 e. The van der Waals surface area contributed by atoms with E-state index in [0.717, 1.165) is 10.0 Å². The van der Waals surface area contributed by atoms with Gasteiger partial charge >= 0.3 is 0 Å². The first-order valence-electron chi connectivity index (χ1n) is 5.94. The minimum Gasteiger partial charge on any atom is -0.486 e. The van der Waals surface area contributed by atoms with Crippen LogP contribution < -0.4 is 4.74 Å². The number of rotatable bonds is 5. The molecule has 0 unspecified atom stereocenters. The summed E-state index contributed by atoms with van der Waals surface area (Å²) in [7, 11) is 0. The van der Waals surface area contributed by atoms with Crippen LogP contribution in [0.3, 0.4) is 0 Å². The summed E-state index contributed by atoms with van der Waals surface area (Å²) >= 11 is 7.47. The van der Waals surface area contributed by atoms with Gasteiger partial charge in [0.15, 0.2) is 5.01 Å². The molecule has 1 aromatic carbocycles. The van der Waals surface area contributed by atoms with Gasteiger partial charge in [-0.05, 0) is 23.8 Å². The highest BCUT2D eigenvalue weighted by Gasteiger charge is 2.08. The molecule has 0 saturated carbocycles. The molecule has 0 bridgehead atoms. The molecule has 6 heteroatoms. The average Bonchev–Trinajstić information content (AvgIpc) is 2.87. The summed E-state index contributed by atoms with van der Waals surface area (Å²) < 4.78 is 5.62. The summed E-state index contributed by atoms with van der Waals surface area (Å²) in [5, 5.41) is 19.7. The Kier molecular flexibility index (Phi) is 4.74. The number of aliphatic hydroxyl groups excluding tert-OH is 1. The van der Waals surface area contributed by atoms with Gasteiger partial charge in [0.25, 0.3) is 0 Å². The van der Waals surface area contributed by atoms with Gasteiger partial charge in [0.2, 0.25) is 0 Å². The predicted octanol–water partition coefficient (Wildman–Crippen LogP) is 3.39. The molecule has 0 aliphatic carbocycles. The van der Waals surface area contributed by atoms with E-state index in [-0.39, 0.29) is 6.61 Å². The lowest BCUT2D eigenvalue weighted by Gasteiger charge is -2.06. The van der Waals surface area contributed by atoms with Crippen molar-refractivity contribution in [2.45, 2.75) is 33.0 Å². The lowest BCUT2D eigenvalue weighted by Crippen LogP contribution is -1.96. The molecular formula is C13H15ClN2O2S. The molecule has 1 heterocycles. The zero-order valence-corrected chi connectivity index (χ0v) is 12.3. The van der Waals surface area contributed by atoms with Crippen molar-refractivity contribution in [3.63, 3.8) is 0 Å². The Labute approximate surface area is 121 Å². The van der Waals surface area contributed by atoms with Crippen LogP contribution in [0.25, 0.3) is 0 Å². The zero-order valence-electron chi connectivity index (χ0n) is 10.8. The second kappa shape index (κ2) is 6.32. The lowest BCUT2D eigenvalue weighted by atomic mass is 10.2. The van der Waals surface area contributed by atoms with Gasteiger partial charge in [-0.1, -0.05) is 36.8 Å². The number of ether oxygens (including phenoxy) is 1. The number of hydrogen-bond acceptors (Lipinski definition) is 5. The minimum atomic E-state index is -0.105. The van der Waals surface area contributed by atoms with Crippen molar-refractivity contribution in [2.75, 3.05) is 0 Å². The number of benzene rings is 1. The second-order valence-electron chi connectivity index (χ2n) is 4.39. The van der Waals surface area contributed by atoms with Crippen LogP contribution in [0.5, 0.6) is 5.75 Å². The Balaban J connectivity index is 2.01. The van der Waals surface area contributed by atoms with Crippen LogP contribution in [-0.2, 0) is 13.2 Å². The maximum atomic E-state index is 9.13. The van der Waals surface area contributed by atoms with Crippen molar-refractivity contribution in [1.29, 1.82) is 0 Å². The molecule has 0 spiro atoms. The Morgan fingerprint density at radius 2 is 2.16 bits per heavy atom. The van der Waals surface area contributed by atoms with Crippen LogP contribution in [0.2, 0.25) is 5.02 Å². The molecule has 19 heavy (non-hydrogen) atoms. The molecule has 102 valence electrons. The first-order chi connectivity index (χ1) is 9.10. The van der Waals surface area contributed by atoms with Crippen LogP contribution in [0.1, 0.15) is 35.3 Å². The van der Waals surface area contributed by atoms with E-state index in [1.54, 1.807) is 29.5 Å². The smallest absolute Gasteiger partial charge is 0.155 e. The molecule has 0 aliphatic heterocycles.